The third-order valence-electron chi connectivity index (χ3n) is 3.31. The molecule has 2 N–H and O–H groups in total. The summed E-state index contributed by atoms with van der Waals surface area (Å²) in [5.41, 5.74) is 0.449. The Morgan fingerprint density at radius 2 is 1.85 bits per heavy atom. The fraction of sp³-hybridized carbons (Fsp3) is 0.312. The van der Waals surface area contributed by atoms with Crippen molar-refractivity contribution < 1.29 is 22.7 Å². The summed E-state index contributed by atoms with van der Waals surface area (Å²) in [6.45, 7) is 0.550. The minimum atomic E-state index is -4.44. The molecule has 0 atom stereocenters. The van der Waals surface area contributed by atoms with Gasteiger partial charge in [-0.2, -0.15) is 13.2 Å². The van der Waals surface area contributed by atoms with Gasteiger partial charge in [-0.1, -0.05) is 12.1 Å². The van der Waals surface area contributed by atoms with Crippen LogP contribution in [0.25, 0.3) is 0 Å². The van der Waals surface area contributed by atoms with E-state index in [2.05, 4.69) is 25.3 Å². The number of thiazole rings is 1. The molecule has 1 aromatic heterocycles. The highest BCUT2D eigenvalue weighted by Crippen LogP contribution is 2.29. The van der Waals surface area contributed by atoms with Crippen molar-refractivity contribution in [2.75, 3.05) is 14.2 Å². The molecule has 0 bridgehead atoms. The minimum Gasteiger partial charge on any atom is -0.465 e. The second kappa shape index (κ2) is 10.4. The molecule has 1 aromatic carbocycles. The number of ether oxygens (including phenoxy) is 1. The number of nitrogens with zero attached hydrogens (tertiary/aromatic N) is 2. The Labute approximate surface area is 175 Å². The summed E-state index contributed by atoms with van der Waals surface area (Å²) in [5, 5.41) is 7.23. The topological polar surface area (TPSA) is 75.6 Å². The lowest BCUT2D eigenvalue weighted by molar-refractivity contribution is -0.140. The van der Waals surface area contributed by atoms with Crippen LogP contribution in [0.2, 0.25) is 0 Å². The maximum atomic E-state index is 12.5. The van der Waals surface area contributed by atoms with Gasteiger partial charge in [0.15, 0.2) is 11.7 Å². The summed E-state index contributed by atoms with van der Waals surface area (Å²) in [4.78, 5) is 18.9. The van der Waals surface area contributed by atoms with Gasteiger partial charge in [0.2, 0.25) is 0 Å². The number of hydrogen-bond acceptors (Lipinski definition) is 5. The molecule has 148 valence electrons. The maximum absolute atomic E-state index is 12.5. The first kappa shape index (κ1) is 23.1. The van der Waals surface area contributed by atoms with Crippen molar-refractivity contribution in [1.82, 2.24) is 15.6 Å². The van der Waals surface area contributed by atoms with Gasteiger partial charge in [0.25, 0.3) is 0 Å². The molecule has 2 rings (SSSR count). The van der Waals surface area contributed by atoms with Gasteiger partial charge in [-0.15, -0.1) is 35.3 Å². The highest BCUT2D eigenvalue weighted by atomic mass is 127. The molecule has 0 saturated carbocycles. The summed E-state index contributed by atoms with van der Waals surface area (Å²) in [5.74, 6) is 0.00876. The number of benzene rings is 1. The number of nitrogens with one attached hydrogen (secondary N) is 2. The van der Waals surface area contributed by atoms with E-state index < -0.39 is 17.8 Å². The van der Waals surface area contributed by atoms with Crippen LogP contribution in [0.15, 0.2) is 34.6 Å². The lowest BCUT2D eigenvalue weighted by atomic mass is 10.1. The van der Waals surface area contributed by atoms with Crippen LogP contribution in [0.1, 0.15) is 26.6 Å². The maximum Gasteiger partial charge on any atom is 0.434 e. The van der Waals surface area contributed by atoms with Gasteiger partial charge in [-0.25, -0.2) is 9.78 Å². The largest absolute Gasteiger partial charge is 0.465 e. The van der Waals surface area contributed by atoms with Crippen molar-refractivity contribution in [3.8, 4) is 0 Å². The highest BCUT2D eigenvalue weighted by molar-refractivity contribution is 14.0. The predicted molar refractivity (Wildman–Crippen MR) is 107 cm³/mol. The molecule has 0 amide bonds. The van der Waals surface area contributed by atoms with E-state index in [1.165, 1.54) is 7.11 Å². The molecular weight excluding hydrogens is 496 g/mol. The number of methoxy groups -OCH3 is 1. The zero-order chi connectivity index (χ0) is 19.2. The monoisotopic (exact) mass is 514 g/mol. The van der Waals surface area contributed by atoms with Crippen LogP contribution < -0.4 is 10.6 Å². The molecule has 0 spiro atoms. The van der Waals surface area contributed by atoms with Gasteiger partial charge in [0.1, 0.15) is 5.01 Å². The number of aromatic nitrogens is 1. The molecule has 6 nitrogen and oxygen atoms in total. The Morgan fingerprint density at radius 1 is 1.22 bits per heavy atom. The second-order valence-corrected chi connectivity index (χ2v) is 6.03. The number of carbonyl (C=O) groups excluding carboxylic acids is 1. The van der Waals surface area contributed by atoms with Crippen molar-refractivity contribution in [2.24, 2.45) is 4.99 Å². The Balaban J connectivity index is 0.00000364. The smallest absolute Gasteiger partial charge is 0.434 e. The van der Waals surface area contributed by atoms with Crippen molar-refractivity contribution in [3.05, 3.63) is 51.5 Å². The number of esters is 1. The van der Waals surface area contributed by atoms with Crippen molar-refractivity contribution >= 4 is 47.2 Å². The van der Waals surface area contributed by atoms with Crippen molar-refractivity contribution in [1.29, 1.82) is 0 Å². The summed E-state index contributed by atoms with van der Waals surface area (Å²) in [7, 11) is 2.87. The quantitative estimate of drug-likeness (QED) is 0.277. The highest BCUT2D eigenvalue weighted by Gasteiger charge is 2.33. The first-order chi connectivity index (χ1) is 12.3. The average molecular weight is 514 g/mol. The second-order valence-electron chi connectivity index (χ2n) is 5.09. The fourth-order valence-electron chi connectivity index (χ4n) is 1.96. The number of halogens is 4. The van der Waals surface area contributed by atoms with Gasteiger partial charge >= 0.3 is 12.1 Å². The van der Waals surface area contributed by atoms with Gasteiger partial charge in [0.05, 0.1) is 19.2 Å². The zero-order valence-corrected chi connectivity index (χ0v) is 17.6. The summed E-state index contributed by atoms with van der Waals surface area (Å²) in [6.07, 6.45) is -4.44. The lowest BCUT2D eigenvalue weighted by Crippen LogP contribution is -2.36. The van der Waals surface area contributed by atoms with Gasteiger partial charge < -0.3 is 15.4 Å². The molecule has 0 aliphatic rings. The number of alkyl halides is 3. The number of guanidine groups is 1. The third kappa shape index (κ3) is 6.97. The average Bonchev–Trinajstić information content (AvgIpc) is 3.11. The number of carbonyl (C=O) groups is 1. The van der Waals surface area contributed by atoms with Crippen LogP contribution in [0.4, 0.5) is 13.2 Å². The molecule has 0 fully saturated rings. The molecule has 2 aromatic rings. The van der Waals surface area contributed by atoms with Crippen LogP contribution in [0.5, 0.6) is 0 Å². The zero-order valence-electron chi connectivity index (χ0n) is 14.5. The molecule has 27 heavy (non-hydrogen) atoms. The van der Waals surface area contributed by atoms with Crippen LogP contribution in [-0.2, 0) is 24.0 Å². The van der Waals surface area contributed by atoms with Crippen molar-refractivity contribution in [2.45, 2.75) is 19.3 Å². The normalized spacial score (nSPS) is 11.5. The van der Waals surface area contributed by atoms with Gasteiger partial charge in [-0.3, -0.25) is 4.99 Å². The van der Waals surface area contributed by atoms with E-state index in [1.807, 2.05) is 0 Å². The number of rotatable bonds is 5. The Kier molecular flexibility index (Phi) is 8.96. The first-order valence-electron chi connectivity index (χ1n) is 7.47. The molecule has 0 aliphatic heterocycles. The Hall–Kier alpha value is -1.89. The van der Waals surface area contributed by atoms with Crippen LogP contribution >= 0.6 is 35.3 Å². The molecule has 0 radical (unpaired) electrons. The van der Waals surface area contributed by atoms with E-state index in [1.54, 1.807) is 31.3 Å². The molecule has 0 aliphatic carbocycles. The van der Waals surface area contributed by atoms with Crippen molar-refractivity contribution in [3.63, 3.8) is 0 Å². The predicted octanol–water partition coefficient (Wildman–Crippen LogP) is 3.43. The number of hydrogen-bond donors (Lipinski definition) is 2. The van der Waals surface area contributed by atoms with Gasteiger partial charge in [0, 0.05) is 19.0 Å². The standard InChI is InChI=1S/C16H17F3N4O2S.HI/c1-20-15(22-8-13-23-12(9-26-13)16(17,18)19)21-7-10-3-5-11(6-4-10)14(24)25-2;/h3-6,9H,7-8H2,1-2H3,(H2,20,21,22);1H. The van der Waals surface area contributed by atoms with E-state index in [0.29, 0.717) is 23.1 Å². The Morgan fingerprint density at radius 3 is 2.37 bits per heavy atom. The fourth-order valence-corrected chi connectivity index (χ4v) is 2.71. The lowest BCUT2D eigenvalue weighted by Gasteiger charge is -2.11. The minimum absolute atomic E-state index is 0. The third-order valence-corrected chi connectivity index (χ3v) is 4.16. The Bertz CT molecular complexity index is 779. The van der Waals surface area contributed by atoms with Crippen LogP contribution in [0.3, 0.4) is 0 Å². The van der Waals surface area contributed by atoms with E-state index in [-0.39, 0.29) is 30.5 Å². The van der Waals surface area contributed by atoms with Crippen LogP contribution in [-0.4, -0.2) is 31.1 Å². The molecule has 1 heterocycles. The first-order valence-corrected chi connectivity index (χ1v) is 8.35. The summed E-state index contributed by atoms with van der Waals surface area (Å²) in [6, 6.07) is 6.83. The van der Waals surface area contributed by atoms with Crippen LogP contribution in [0, 0.1) is 0 Å². The van der Waals surface area contributed by atoms with E-state index >= 15 is 0 Å². The molecule has 11 heteroatoms. The summed E-state index contributed by atoms with van der Waals surface area (Å²) >= 11 is 0.930. The van der Waals surface area contributed by atoms with E-state index in [9.17, 15) is 18.0 Å². The molecule has 0 unspecified atom stereocenters. The molecule has 0 saturated heterocycles. The van der Waals surface area contributed by atoms with E-state index in [4.69, 9.17) is 0 Å². The summed E-state index contributed by atoms with van der Waals surface area (Å²) < 4.78 is 42.2. The SMILES string of the molecule is CN=C(NCc1ccc(C(=O)OC)cc1)NCc1nc(C(F)(F)F)cs1.I. The molecular formula is C16H18F3IN4O2S. The van der Waals surface area contributed by atoms with E-state index in [0.717, 1.165) is 22.3 Å². The number of aliphatic imine (C=N–C) groups is 1. The van der Waals surface area contributed by atoms with Gasteiger partial charge in [-0.05, 0) is 17.7 Å².